The number of nitrogens with one attached hydrogen (secondary N) is 1. The highest BCUT2D eigenvalue weighted by Crippen LogP contribution is 2.27. The predicted molar refractivity (Wildman–Crippen MR) is 81.5 cm³/mol. The first-order valence-corrected chi connectivity index (χ1v) is 7.02. The summed E-state index contributed by atoms with van der Waals surface area (Å²) in [4.78, 5) is 17.3. The first-order chi connectivity index (χ1) is 9.69. The molecule has 0 aliphatic carbocycles. The summed E-state index contributed by atoms with van der Waals surface area (Å²) in [6.07, 6.45) is 3.30. The number of rotatable bonds is 3. The Balaban J connectivity index is 2.00. The Morgan fingerprint density at radius 2 is 2.30 bits per heavy atom. The van der Waals surface area contributed by atoms with Crippen molar-refractivity contribution in [2.24, 2.45) is 5.73 Å². The molecular formula is C16H19N3O. The van der Waals surface area contributed by atoms with E-state index in [1.165, 1.54) is 5.57 Å². The number of nitrogens with zero attached hydrogens (tertiary/aromatic N) is 1. The van der Waals surface area contributed by atoms with Crippen LogP contribution in [0.5, 0.6) is 0 Å². The van der Waals surface area contributed by atoms with Crippen molar-refractivity contribution >= 4 is 22.4 Å². The van der Waals surface area contributed by atoms with Crippen LogP contribution in [0.4, 0.5) is 0 Å². The van der Waals surface area contributed by atoms with Crippen LogP contribution in [0.25, 0.3) is 16.5 Å². The van der Waals surface area contributed by atoms with Crippen molar-refractivity contribution in [1.82, 2.24) is 9.88 Å². The summed E-state index contributed by atoms with van der Waals surface area (Å²) in [6, 6.07) is 7.66. The van der Waals surface area contributed by atoms with Crippen molar-refractivity contribution in [3.8, 4) is 0 Å². The molecular weight excluding hydrogens is 250 g/mol. The van der Waals surface area contributed by atoms with Gasteiger partial charge in [-0.25, -0.2) is 0 Å². The largest absolute Gasteiger partial charge is 0.366 e. The highest BCUT2D eigenvalue weighted by molar-refractivity contribution is 6.06. The number of amides is 1. The lowest BCUT2D eigenvalue weighted by Gasteiger charge is -2.24. The smallest absolute Gasteiger partial charge is 0.249 e. The molecule has 3 rings (SSSR count). The zero-order valence-corrected chi connectivity index (χ0v) is 11.6. The third-order valence-electron chi connectivity index (χ3n) is 4.02. The average Bonchev–Trinajstić information content (AvgIpc) is 2.90. The molecule has 3 N–H and O–H groups in total. The molecule has 0 spiro atoms. The standard InChI is InChI=1S/C16H19N3O/c1-2-19-8-6-11(7-9-19)15-10-13-12(16(17)20)4-3-5-14(13)18-15/h3-6,10,18H,2,7-9H2,1H3,(H2,17,20). The summed E-state index contributed by atoms with van der Waals surface area (Å²) in [7, 11) is 0. The number of likely N-dealkylation sites (N-methyl/N-ethyl adjacent to an activating group) is 1. The number of benzene rings is 1. The molecule has 0 saturated carbocycles. The molecule has 2 heterocycles. The van der Waals surface area contributed by atoms with Gasteiger partial charge in [0.25, 0.3) is 0 Å². The van der Waals surface area contributed by atoms with E-state index in [1.54, 1.807) is 6.07 Å². The second kappa shape index (κ2) is 5.13. The van der Waals surface area contributed by atoms with Crippen molar-refractivity contribution < 1.29 is 4.79 Å². The van der Waals surface area contributed by atoms with E-state index in [-0.39, 0.29) is 5.91 Å². The van der Waals surface area contributed by atoms with Gasteiger partial charge in [0.1, 0.15) is 0 Å². The fourth-order valence-corrected chi connectivity index (χ4v) is 2.79. The Labute approximate surface area is 118 Å². The van der Waals surface area contributed by atoms with Gasteiger partial charge < -0.3 is 10.7 Å². The quantitative estimate of drug-likeness (QED) is 0.898. The number of hydrogen-bond donors (Lipinski definition) is 2. The molecule has 1 amide bonds. The second-order valence-electron chi connectivity index (χ2n) is 5.19. The number of nitrogens with two attached hydrogens (primary N) is 1. The summed E-state index contributed by atoms with van der Waals surface area (Å²) < 4.78 is 0. The molecule has 1 aromatic carbocycles. The van der Waals surface area contributed by atoms with E-state index in [4.69, 9.17) is 5.73 Å². The predicted octanol–water partition coefficient (Wildman–Crippen LogP) is 2.38. The first kappa shape index (κ1) is 12.9. The summed E-state index contributed by atoms with van der Waals surface area (Å²) in [6.45, 7) is 5.34. The molecule has 104 valence electrons. The number of aromatic nitrogens is 1. The Bertz CT molecular complexity index is 684. The third-order valence-corrected chi connectivity index (χ3v) is 4.02. The molecule has 1 aliphatic heterocycles. The molecule has 20 heavy (non-hydrogen) atoms. The monoisotopic (exact) mass is 269 g/mol. The SMILES string of the molecule is CCN1CC=C(c2cc3c(C(N)=O)cccc3[nH]2)CC1. The highest BCUT2D eigenvalue weighted by Gasteiger charge is 2.15. The maximum atomic E-state index is 11.5. The summed E-state index contributed by atoms with van der Waals surface area (Å²) in [5.41, 5.74) is 9.40. The minimum atomic E-state index is -0.379. The van der Waals surface area contributed by atoms with E-state index >= 15 is 0 Å². The molecule has 0 unspecified atom stereocenters. The van der Waals surface area contributed by atoms with Crippen molar-refractivity contribution in [3.63, 3.8) is 0 Å². The van der Waals surface area contributed by atoms with E-state index in [0.717, 1.165) is 42.7 Å². The number of carbonyl (C=O) groups is 1. The third kappa shape index (κ3) is 2.23. The van der Waals surface area contributed by atoms with Gasteiger partial charge in [-0.1, -0.05) is 19.1 Å². The Hall–Kier alpha value is -2.07. The first-order valence-electron chi connectivity index (χ1n) is 7.02. The molecule has 2 aromatic rings. The van der Waals surface area contributed by atoms with Gasteiger partial charge in [-0.3, -0.25) is 9.69 Å². The minimum Gasteiger partial charge on any atom is -0.366 e. The number of fused-ring (bicyclic) bond motifs is 1. The Morgan fingerprint density at radius 3 is 2.95 bits per heavy atom. The lowest BCUT2D eigenvalue weighted by atomic mass is 10.0. The van der Waals surface area contributed by atoms with Crippen molar-refractivity contribution in [2.75, 3.05) is 19.6 Å². The number of carbonyl (C=O) groups excluding carboxylic acids is 1. The van der Waals surface area contributed by atoms with Crippen LogP contribution in [0.1, 0.15) is 29.4 Å². The number of H-pyrrole nitrogens is 1. The van der Waals surface area contributed by atoms with Gasteiger partial charge in [0.15, 0.2) is 0 Å². The number of aromatic amines is 1. The van der Waals surface area contributed by atoms with Crippen LogP contribution >= 0.6 is 0 Å². The lowest BCUT2D eigenvalue weighted by Crippen LogP contribution is -2.28. The Kier molecular flexibility index (Phi) is 3.32. The normalized spacial score (nSPS) is 16.4. The maximum Gasteiger partial charge on any atom is 0.249 e. The topological polar surface area (TPSA) is 62.1 Å². The van der Waals surface area contributed by atoms with Crippen LogP contribution in [0.3, 0.4) is 0 Å². The van der Waals surface area contributed by atoms with Gasteiger partial charge in [0, 0.05) is 35.2 Å². The van der Waals surface area contributed by atoms with Gasteiger partial charge in [0.2, 0.25) is 5.91 Å². The molecule has 0 atom stereocenters. The molecule has 0 radical (unpaired) electrons. The zero-order valence-electron chi connectivity index (χ0n) is 11.6. The maximum absolute atomic E-state index is 11.5. The van der Waals surface area contributed by atoms with E-state index in [0.29, 0.717) is 5.56 Å². The van der Waals surface area contributed by atoms with Crippen molar-refractivity contribution in [1.29, 1.82) is 0 Å². The minimum absolute atomic E-state index is 0.379. The van der Waals surface area contributed by atoms with Gasteiger partial charge in [-0.05, 0) is 36.7 Å². The highest BCUT2D eigenvalue weighted by atomic mass is 16.1. The van der Waals surface area contributed by atoms with Crippen molar-refractivity contribution in [2.45, 2.75) is 13.3 Å². The van der Waals surface area contributed by atoms with Gasteiger partial charge >= 0.3 is 0 Å². The average molecular weight is 269 g/mol. The van der Waals surface area contributed by atoms with Gasteiger partial charge in [-0.2, -0.15) is 0 Å². The van der Waals surface area contributed by atoms with Crippen LogP contribution < -0.4 is 5.73 Å². The van der Waals surface area contributed by atoms with Crippen LogP contribution in [0.15, 0.2) is 30.3 Å². The summed E-state index contributed by atoms with van der Waals surface area (Å²) in [5.74, 6) is -0.379. The van der Waals surface area contributed by atoms with E-state index < -0.39 is 0 Å². The molecule has 4 heteroatoms. The zero-order chi connectivity index (χ0) is 14.1. The van der Waals surface area contributed by atoms with E-state index in [2.05, 4.69) is 22.9 Å². The van der Waals surface area contributed by atoms with Crippen LogP contribution in [0, 0.1) is 0 Å². The van der Waals surface area contributed by atoms with Crippen molar-refractivity contribution in [3.05, 3.63) is 41.6 Å². The Morgan fingerprint density at radius 1 is 1.45 bits per heavy atom. The van der Waals surface area contributed by atoms with E-state index in [1.807, 2.05) is 18.2 Å². The van der Waals surface area contributed by atoms with Crippen LogP contribution in [-0.2, 0) is 0 Å². The second-order valence-corrected chi connectivity index (χ2v) is 5.19. The summed E-state index contributed by atoms with van der Waals surface area (Å²) in [5, 5.41) is 0.911. The summed E-state index contributed by atoms with van der Waals surface area (Å²) >= 11 is 0. The molecule has 1 aliphatic rings. The fourth-order valence-electron chi connectivity index (χ4n) is 2.79. The van der Waals surface area contributed by atoms with E-state index in [9.17, 15) is 4.79 Å². The van der Waals surface area contributed by atoms with Gasteiger partial charge in [-0.15, -0.1) is 0 Å². The van der Waals surface area contributed by atoms with Crippen LogP contribution in [-0.4, -0.2) is 35.4 Å². The lowest BCUT2D eigenvalue weighted by molar-refractivity contribution is 0.100. The molecule has 1 aromatic heterocycles. The number of hydrogen-bond acceptors (Lipinski definition) is 2. The molecule has 0 bridgehead atoms. The molecule has 0 fully saturated rings. The molecule has 4 nitrogen and oxygen atoms in total. The molecule has 0 saturated heterocycles. The van der Waals surface area contributed by atoms with Crippen LogP contribution in [0.2, 0.25) is 0 Å². The number of primary amides is 1. The fraction of sp³-hybridized carbons (Fsp3) is 0.312. The van der Waals surface area contributed by atoms with Gasteiger partial charge in [0.05, 0.1) is 0 Å².